The number of nitrogens with one attached hydrogen (secondary N) is 1. The van der Waals surface area contributed by atoms with Gasteiger partial charge < -0.3 is 4.52 Å². The summed E-state index contributed by atoms with van der Waals surface area (Å²) in [6, 6.07) is 0. The van der Waals surface area contributed by atoms with E-state index in [9.17, 15) is 4.57 Å². The molecule has 2 atom stereocenters. The Bertz CT molecular complexity index is 274. The van der Waals surface area contributed by atoms with Crippen LogP contribution in [-0.4, -0.2) is 48.0 Å². The molecular weight excluding hydrogens is 317 g/mol. The molecule has 18 heavy (non-hydrogen) atoms. The van der Waals surface area contributed by atoms with Crippen LogP contribution in [0.15, 0.2) is 0 Å². The highest BCUT2D eigenvalue weighted by molar-refractivity contribution is 7.54. The van der Waals surface area contributed by atoms with Gasteiger partial charge in [-0.05, 0) is 19.3 Å². The van der Waals surface area contributed by atoms with E-state index in [0.717, 1.165) is 19.3 Å². The Balaban J connectivity index is 2.54. The summed E-state index contributed by atoms with van der Waals surface area (Å²) < 4.78 is 19.7. The molecule has 1 fully saturated rings. The van der Waals surface area contributed by atoms with Crippen molar-refractivity contribution in [1.29, 1.82) is 0 Å². The Kier molecular flexibility index (Phi) is 8.53. The Morgan fingerprint density at radius 1 is 1.39 bits per heavy atom. The van der Waals surface area contributed by atoms with Crippen molar-refractivity contribution in [2.24, 2.45) is 0 Å². The summed E-state index contributed by atoms with van der Waals surface area (Å²) in [7, 11) is -2.94. The second kappa shape index (κ2) is 9.02. The van der Waals surface area contributed by atoms with Crippen molar-refractivity contribution >= 4 is 42.5 Å². The molecule has 0 saturated carbocycles. The van der Waals surface area contributed by atoms with E-state index in [4.69, 9.17) is 39.3 Å². The zero-order chi connectivity index (χ0) is 13.4. The van der Waals surface area contributed by atoms with Gasteiger partial charge >= 0.3 is 7.67 Å². The van der Waals surface area contributed by atoms with Gasteiger partial charge in [0.2, 0.25) is 0 Å². The van der Waals surface area contributed by atoms with E-state index in [2.05, 4.69) is 5.09 Å². The van der Waals surface area contributed by atoms with Crippen LogP contribution in [-0.2, 0) is 9.09 Å². The Hall–Kier alpha value is 0.980. The summed E-state index contributed by atoms with van der Waals surface area (Å²) in [6.45, 7) is 2.20. The maximum atomic E-state index is 12.6. The SMILES string of the molecule is O=[P@]1(N(CCCl)C[C@@H](Cl)CCCCl)NCCCO1. The summed E-state index contributed by atoms with van der Waals surface area (Å²) in [4.78, 5) is 0. The van der Waals surface area contributed by atoms with Crippen molar-refractivity contribution in [3.8, 4) is 0 Å². The largest absolute Gasteiger partial charge is 0.343 e. The molecule has 0 aromatic carbocycles. The predicted octanol–water partition coefficient (Wildman–Crippen LogP) is 3.27. The normalized spacial score (nSPS) is 26.4. The van der Waals surface area contributed by atoms with Crippen molar-refractivity contribution in [3.63, 3.8) is 0 Å². The fourth-order valence-electron chi connectivity index (χ4n) is 1.75. The van der Waals surface area contributed by atoms with Crippen LogP contribution in [0.4, 0.5) is 0 Å². The molecule has 0 bridgehead atoms. The van der Waals surface area contributed by atoms with Crippen LogP contribution in [0, 0.1) is 0 Å². The summed E-state index contributed by atoms with van der Waals surface area (Å²) in [5.41, 5.74) is 0. The maximum absolute atomic E-state index is 12.6. The molecule has 0 spiro atoms. The highest BCUT2D eigenvalue weighted by atomic mass is 35.5. The van der Waals surface area contributed by atoms with E-state index in [1.54, 1.807) is 4.67 Å². The lowest BCUT2D eigenvalue weighted by Crippen LogP contribution is -2.37. The van der Waals surface area contributed by atoms with Gasteiger partial charge in [0.15, 0.2) is 0 Å². The van der Waals surface area contributed by atoms with E-state index < -0.39 is 7.67 Å². The van der Waals surface area contributed by atoms with E-state index >= 15 is 0 Å². The van der Waals surface area contributed by atoms with Crippen LogP contribution in [0.3, 0.4) is 0 Å². The minimum atomic E-state index is -2.94. The summed E-state index contributed by atoms with van der Waals surface area (Å²) in [6.07, 6.45) is 2.52. The molecule has 0 aliphatic carbocycles. The van der Waals surface area contributed by atoms with Crippen LogP contribution >= 0.6 is 42.5 Å². The zero-order valence-corrected chi connectivity index (χ0v) is 13.4. The third-order valence-corrected chi connectivity index (χ3v) is 5.73. The highest BCUT2D eigenvalue weighted by Crippen LogP contribution is 2.48. The Labute approximate surface area is 124 Å². The van der Waals surface area contributed by atoms with Crippen molar-refractivity contribution in [1.82, 2.24) is 9.76 Å². The van der Waals surface area contributed by atoms with Crippen LogP contribution < -0.4 is 5.09 Å². The average Bonchev–Trinajstić information content (AvgIpc) is 2.37. The maximum Gasteiger partial charge on any atom is 0.343 e. The third-order valence-electron chi connectivity index (χ3n) is 2.67. The van der Waals surface area contributed by atoms with Crippen molar-refractivity contribution in [3.05, 3.63) is 0 Å². The molecule has 1 aliphatic heterocycles. The molecule has 1 rings (SSSR count). The smallest absolute Gasteiger partial charge is 0.306 e. The van der Waals surface area contributed by atoms with Gasteiger partial charge in [-0.1, -0.05) is 0 Å². The average molecular weight is 338 g/mol. The van der Waals surface area contributed by atoms with E-state index in [1.165, 1.54) is 0 Å². The lowest BCUT2D eigenvalue weighted by atomic mass is 10.2. The van der Waals surface area contributed by atoms with Crippen LogP contribution in [0.1, 0.15) is 19.3 Å². The molecule has 0 aromatic heterocycles. The quantitative estimate of drug-likeness (QED) is 0.545. The van der Waals surface area contributed by atoms with Crippen LogP contribution in [0.2, 0.25) is 0 Å². The summed E-state index contributed by atoms with van der Waals surface area (Å²) in [5, 5.41) is 2.87. The molecule has 1 heterocycles. The fourth-order valence-corrected chi connectivity index (χ4v) is 4.70. The van der Waals surface area contributed by atoms with Crippen molar-refractivity contribution in [2.75, 3.05) is 38.0 Å². The first-order valence-electron chi connectivity index (χ1n) is 6.13. The van der Waals surface area contributed by atoms with E-state index in [0.29, 0.717) is 38.0 Å². The predicted molar refractivity (Wildman–Crippen MR) is 78.1 cm³/mol. The van der Waals surface area contributed by atoms with E-state index in [-0.39, 0.29) is 5.38 Å². The van der Waals surface area contributed by atoms with E-state index in [1.807, 2.05) is 0 Å². The lowest BCUT2D eigenvalue weighted by molar-refractivity contribution is 0.229. The molecule has 108 valence electrons. The van der Waals surface area contributed by atoms with Gasteiger partial charge in [0.25, 0.3) is 0 Å². The molecule has 1 aliphatic rings. The number of nitrogens with zero attached hydrogens (tertiary/aromatic N) is 1. The van der Waals surface area contributed by atoms with Crippen LogP contribution in [0.25, 0.3) is 0 Å². The molecule has 0 unspecified atom stereocenters. The first kappa shape index (κ1) is 17.0. The molecule has 0 radical (unpaired) electrons. The van der Waals surface area contributed by atoms with Gasteiger partial charge in [0, 0.05) is 36.8 Å². The second-order valence-corrected chi connectivity index (χ2v) is 7.70. The molecule has 1 saturated heterocycles. The standard InChI is InChI=1S/C10H20Cl3N2O2P/c11-4-1-3-10(13)9-15(7-5-12)18(16)14-6-2-8-17-18/h10H,1-9H2,(H,14,16)/t10-,18+/m0/s1. The number of rotatable bonds is 8. The first-order chi connectivity index (χ1) is 8.62. The van der Waals surface area contributed by atoms with Crippen molar-refractivity contribution < 1.29 is 9.09 Å². The third kappa shape index (κ3) is 5.54. The zero-order valence-electron chi connectivity index (χ0n) is 10.3. The highest BCUT2D eigenvalue weighted by Gasteiger charge is 2.34. The monoisotopic (exact) mass is 336 g/mol. The Morgan fingerprint density at radius 3 is 2.72 bits per heavy atom. The van der Waals surface area contributed by atoms with Gasteiger partial charge in [-0.2, -0.15) is 0 Å². The van der Waals surface area contributed by atoms with Gasteiger partial charge in [0.1, 0.15) is 0 Å². The van der Waals surface area contributed by atoms with Crippen molar-refractivity contribution in [2.45, 2.75) is 24.6 Å². The number of halogens is 3. The first-order valence-corrected chi connectivity index (χ1v) is 9.22. The molecule has 1 N–H and O–H groups in total. The van der Waals surface area contributed by atoms with Gasteiger partial charge in [0.05, 0.1) is 6.61 Å². The molecule has 8 heteroatoms. The van der Waals surface area contributed by atoms with Gasteiger partial charge in [-0.3, -0.25) is 4.57 Å². The fraction of sp³-hybridized carbons (Fsp3) is 1.00. The lowest BCUT2D eigenvalue weighted by Gasteiger charge is -2.34. The number of hydrogen-bond acceptors (Lipinski definition) is 2. The molecular formula is C10H20Cl3N2O2P. The second-order valence-electron chi connectivity index (χ2n) is 4.15. The minimum Gasteiger partial charge on any atom is -0.306 e. The minimum absolute atomic E-state index is 0.0925. The summed E-state index contributed by atoms with van der Waals surface area (Å²) >= 11 is 17.6. The Morgan fingerprint density at radius 2 is 2.17 bits per heavy atom. The number of hydrogen-bond donors (Lipinski definition) is 1. The topological polar surface area (TPSA) is 41.6 Å². The van der Waals surface area contributed by atoms with Gasteiger partial charge in [-0.15, -0.1) is 34.8 Å². The van der Waals surface area contributed by atoms with Gasteiger partial charge in [-0.25, -0.2) is 9.76 Å². The summed E-state index contributed by atoms with van der Waals surface area (Å²) in [5.74, 6) is 0.985. The number of alkyl halides is 3. The molecule has 0 aromatic rings. The molecule has 4 nitrogen and oxygen atoms in total. The molecule has 0 amide bonds. The van der Waals surface area contributed by atoms with Crippen LogP contribution in [0.5, 0.6) is 0 Å².